The summed E-state index contributed by atoms with van der Waals surface area (Å²) >= 11 is 0. The van der Waals surface area contributed by atoms with Gasteiger partial charge in [0.2, 0.25) is 0 Å². The summed E-state index contributed by atoms with van der Waals surface area (Å²) in [6, 6.07) is 5.27. The standard InChI is InChI=1S/C14H21NO3/c1-10-5-6-11(2)12(9-10)13(14(16)17)15(3)7-8-18-4/h5-6,9,13H,7-8H2,1-4H3,(H,16,17)/t13-/m0/s1. The van der Waals surface area contributed by atoms with E-state index < -0.39 is 12.0 Å². The fourth-order valence-electron chi connectivity index (χ4n) is 1.98. The molecule has 100 valence electrons. The van der Waals surface area contributed by atoms with Crippen molar-refractivity contribution in [3.05, 3.63) is 34.9 Å². The Balaban J connectivity index is 3.04. The van der Waals surface area contributed by atoms with E-state index in [2.05, 4.69) is 0 Å². The van der Waals surface area contributed by atoms with Gasteiger partial charge in [-0.25, -0.2) is 0 Å². The van der Waals surface area contributed by atoms with E-state index in [4.69, 9.17) is 4.74 Å². The van der Waals surface area contributed by atoms with Crippen molar-refractivity contribution in [2.24, 2.45) is 0 Å². The number of carboxylic acids is 1. The van der Waals surface area contributed by atoms with Crippen LogP contribution in [0.5, 0.6) is 0 Å². The molecule has 18 heavy (non-hydrogen) atoms. The van der Waals surface area contributed by atoms with Crippen LogP contribution < -0.4 is 0 Å². The van der Waals surface area contributed by atoms with Crippen molar-refractivity contribution < 1.29 is 14.6 Å². The molecule has 1 atom stereocenters. The number of benzene rings is 1. The fourth-order valence-corrected chi connectivity index (χ4v) is 1.98. The van der Waals surface area contributed by atoms with Gasteiger partial charge in [-0.1, -0.05) is 23.8 Å². The highest BCUT2D eigenvalue weighted by Gasteiger charge is 2.25. The number of rotatable bonds is 6. The Labute approximate surface area is 108 Å². The van der Waals surface area contributed by atoms with E-state index >= 15 is 0 Å². The van der Waals surface area contributed by atoms with Crippen LogP contribution in [-0.2, 0) is 9.53 Å². The van der Waals surface area contributed by atoms with Crippen LogP contribution in [0.3, 0.4) is 0 Å². The van der Waals surface area contributed by atoms with Crippen LogP contribution >= 0.6 is 0 Å². The number of hydrogen-bond acceptors (Lipinski definition) is 3. The van der Waals surface area contributed by atoms with Crippen LogP contribution in [-0.4, -0.2) is 43.3 Å². The van der Waals surface area contributed by atoms with Crippen LogP contribution in [0.4, 0.5) is 0 Å². The lowest BCUT2D eigenvalue weighted by Crippen LogP contribution is -2.33. The molecule has 0 heterocycles. The van der Waals surface area contributed by atoms with E-state index in [0.717, 1.165) is 16.7 Å². The summed E-state index contributed by atoms with van der Waals surface area (Å²) in [5.74, 6) is -0.831. The third-order valence-electron chi connectivity index (χ3n) is 3.05. The second kappa shape index (κ2) is 6.52. The Morgan fingerprint density at radius 1 is 1.44 bits per heavy atom. The minimum absolute atomic E-state index is 0.519. The van der Waals surface area contributed by atoms with Gasteiger partial charge in [-0.2, -0.15) is 0 Å². The molecule has 1 N–H and O–H groups in total. The Morgan fingerprint density at radius 3 is 2.67 bits per heavy atom. The Morgan fingerprint density at radius 2 is 2.11 bits per heavy atom. The van der Waals surface area contributed by atoms with Gasteiger partial charge in [-0.05, 0) is 32.0 Å². The van der Waals surface area contributed by atoms with Crippen LogP contribution in [0.2, 0.25) is 0 Å². The zero-order valence-electron chi connectivity index (χ0n) is 11.4. The lowest BCUT2D eigenvalue weighted by Gasteiger charge is -2.26. The molecule has 0 bridgehead atoms. The van der Waals surface area contributed by atoms with Gasteiger partial charge in [-0.15, -0.1) is 0 Å². The monoisotopic (exact) mass is 251 g/mol. The number of carboxylic acid groups (broad SMARTS) is 1. The van der Waals surface area contributed by atoms with Gasteiger partial charge in [0.05, 0.1) is 6.61 Å². The van der Waals surface area contributed by atoms with Crippen molar-refractivity contribution in [1.82, 2.24) is 4.90 Å². The largest absolute Gasteiger partial charge is 0.480 e. The average Bonchev–Trinajstić information content (AvgIpc) is 2.30. The number of nitrogens with zero attached hydrogens (tertiary/aromatic N) is 1. The molecule has 0 aromatic heterocycles. The summed E-state index contributed by atoms with van der Waals surface area (Å²) in [6.07, 6.45) is 0. The van der Waals surface area contributed by atoms with Crippen molar-refractivity contribution in [2.45, 2.75) is 19.9 Å². The summed E-state index contributed by atoms with van der Waals surface area (Å²) in [5, 5.41) is 9.43. The van der Waals surface area contributed by atoms with Crippen molar-refractivity contribution in [2.75, 3.05) is 27.3 Å². The molecule has 0 aliphatic heterocycles. The van der Waals surface area contributed by atoms with Crippen molar-refractivity contribution >= 4 is 5.97 Å². The number of aliphatic carboxylic acids is 1. The van der Waals surface area contributed by atoms with E-state index in [1.807, 2.05) is 32.0 Å². The van der Waals surface area contributed by atoms with Gasteiger partial charge < -0.3 is 9.84 Å². The molecular formula is C14H21NO3. The SMILES string of the molecule is COCCN(C)[C@H](C(=O)O)c1cc(C)ccc1C. The molecule has 4 heteroatoms. The number of likely N-dealkylation sites (N-methyl/N-ethyl adjacent to an activating group) is 1. The summed E-state index contributed by atoms with van der Waals surface area (Å²) in [7, 11) is 3.42. The highest BCUT2D eigenvalue weighted by Crippen LogP contribution is 2.24. The van der Waals surface area contributed by atoms with E-state index in [9.17, 15) is 9.90 Å². The molecule has 0 saturated heterocycles. The number of aryl methyl sites for hydroxylation is 2. The minimum Gasteiger partial charge on any atom is -0.480 e. The molecule has 1 rings (SSSR count). The molecular weight excluding hydrogens is 230 g/mol. The first kappa shape index (κ1) is 14.7. The van der Waals surface area contributed by atoms with Gasteiger partial charge >= 0.3 is 5.97 Å². The molecule has 0 spiro atoms. The van der Waals surface area contributed by atoms with Gasteiger partial charge in [0.15, 0.2) is 0 Å². The zero-order chi connectivity index (χ0) is 13.7. The molecule has 0 saturated carbocycles. The maximum Gasteiger partial charge on any atom is 0.325 e. The van der Waals surface area contributed by atoms with E-state index in [-0.39, 0.29) is 0 Å². The summed E-state index contributed by atoms with van der Waals surface area (Å²) in [5.41, 5.74) is 2.92. The van der Waals surface area contributed by atoms with Crippen LogP contribution in [0.1, 0.15) is 22.7 Å². The smallest absolute Gasteiger partial charge is 0.325 e. The summed E-state index contributed by atoms with van der Waals surface area (Å²) in [4.78, 5) is 13.3. The van der Waals surface area contributed by atoms with Gasteiger partial charge in [0.25, 0.3) is 0 Å². The number of ether oxygens (including phenoxy) is 1. The number of carbonyl (C=O) groups is 1. The second-order valence-electron chi connectivity index (χ2n) is 4.57. The van der Waals surface area contributed by atoms with Gasteiger partial charge in [0.1, 0.15) is 6.04 Å². The van der Waals surface area contributed by atoms with E-state index in [1.165, 1.54) is 0 Å². The summed E-state index contributed by atoms with van der Waals surface area (Å²) < 4.78 is 5.00. The molecule has 1 aromatic rings. The molecule has 0 fully saturated rings. The molecule has 1 aromatic carbocycles. The third-order valence-corrected chi connectivity index (χ3v) is 3.05. The highest BCUT2D eigenvalue weighted by atomic mass is 16.5. The van der Waals surface area contributed by atoms with Gasteiger partial charge in [0, 0.05) is 13.7 Å². The van der Waals surface area contributed by atoms with Crippen LogP contribution in [0, 0.1) is 13.8 Å². The van der Waals surface area contributed by atoms with Gasteiger partial charge in [-0.3, -0.25) is 9.69 Å². The fraction of sp³-hybridized carbons (Fsp3) is 0.500. The predicted molar refractivity (Wildman–Crippen MR) is 70.8 cm³/mol. The zero-order valence-corrected chi connectivity index (χ0v) is 11.4. The molecule has 0 aliphatic carbocycles. The van der Waals surface area contributed by atoms with E-state index in [1.54, 1.807) is 19.1 Å². The molecule has 0 radical (unpaired) electrons. The van der Waals surface area contributed by atoms with Crippen LogP contribution in [0.15, 0.2) is 18.2 Å². The normalized spacial score (nSPS) is 12.7. The lowest BCUT2D eigenvalue weighted by molar-refractivity contribution is -0.143. The first-order valence-electron chi connectivity index (χ1n) is 5.96. The first-order chi connectivity index (χ1) is 8.47. The maximum atomic E-state index is 11.5. The molecule has 0 amide bonds. The minimum atomic E-state index is -0.831. The Bertz CT molecular complexity index is 418. The van der Waals surface area contributed by atoms with Crippen molar-refractivity contribution in [3.8, 4) is 0 Å². The van der Waals surface area contributed by atoms with Crippen molar-refractivity contribution in [1.29, 1.82) is 0 Å². The lowest BCUT2D eigenvalue weighted by atomic mass is 9.98. The Hall–Kier alpha value is -1.39. The van der Waals surface area contributed by atoms with Crippen molar-refractivity contribution in [3.63, 3.8) is 0 Å². The topological polar surface area (TPSA) is 49.8 Å². The quantitative estimate of drug-likeness (QED) is 0.840. The number of methoxy groups -OCH3 is 1. The second-order valence-corrected chi connectivity index (χ2v) is 4.57. The third kappa shape index (κ3) is 3.55. The summed E-state index contributed by atoms with van der Waals surface area (Å²) in [6.45, 7) is 5.01. The molecule has 0 aliphatic rings. The Kier molecular flexibility index (Phi) is 5.31. The predicted octanol–water partition coefficient (Wildman–Crippen LogP) is 2.01. The van der Waals surface area contributed by atoms with E-state index in [0.29, 0.717) is 13.2 Å². The average molecular weight is 251 g/mol. The highest BCUT2D eigenvalue weighted by molar-refractivity contribution is 5.76. The number of hydrogen-bond donors (Lipinski definition) is 1. The maximum absolute atomic E-state index is 11.5. The molecule has 4 nitrogen and oxygen atoms in total. The van der Waals surface area contributed by atoms with Crippen LogP contribution in [0.25, 0.3) is 0 Å². The molecule has 0 unspecified atom stereocenters. The first-order valence-corrected chi connectivity index (χ1v) is 5.96.